The molecule has 11 heteroatoms. The Morgan fingerprint density at radius 2 is 1.86 bits per heavy atom. The van der Waals surface area contributed by atoms with E-state index in [9.17, 15) is 4.39 Å². The Kier molecular flexibility index (Phi) is 7.54. The molecule has 0 amide bonds. The third kappa shape index (κ3) is 5.47. The van der Waals surface area contributed by atoms with Crippen molar-refractivity contribution >= 4 is 44.7 Å². The molecule has 4 heterocycles. The zero-order chi connectivity index (χ0) is 28.6. The summed E-state index contributed by atoms with van der Waals surface area (Å²) >= 11 is 8.28. The Morgan fingerprint density at radius 1 is 1.02 bits per heavy atom. The molecule has 5 aromatic rings. The van der Waals surface area contributed by atoms with E-state index in [1.807, 2.05) is 24.4 Å². The van der Waals surface area contributed by atoms with Crippen LogP contribution >= 0.6 is 22.9 Å². The Hall–Kier alpha value is -3.57. The molecule has 2 aromatic carbocycles. The van der Waals surface area contributed by atoms with Gasteiger partial charge in [-0.05, 0) is 61.3 Å². The third-order valence-electron chi connectivity index (χ3n) is 8.12. The molecule has 42 heavy (non-hydrogen) atoms. The van der Waals surface area contributed by atoms with Gasteiger partial charge >= 0.3 is 0 Å². The zero-order valence-corrected chi connectivity index (χ0v) is 24.9. The molecule has 7 rings (SSSR count). The minimum atomic E-state index is -0.273. The quantitative estimate of drug-likeness (QED) is 0.233. The number of aryl methyl sites for hydroxylation is 1. The van der Waals surface area contributed by atoms with Gasteiger partial charge in [-0.25, -0.2) is 14.4 Å². The molecule has 8 nitrogen and oxygen atoms in total. The van der Waals surface area contributed by atoms with Gasteiger partial charge in [0, 0.05) is 54.5 Å². The van der Waals surface area contributed by atoms with Crippen molar-refractivity contribution in [1.29, 1.82) is 0 Å². The van der Waals surface area contributed by atoms with Gasteiger partial charge in [-0.1, -0.05) is 23.7 Å². The van der Waals surface area contributed by atoms with Crippen LogP contribution < -0.4 is 10.1 Å². The summed E-state index contributed by atoms with van der Waals surface area (Å²) in [5, 5.41) is 9.80. The lowest BCUT2D eigenvalue weighted by Crippen LogP contribution is -2.45. The highest BCUT2D eigenvalue weighted by Crippen LogP contribution is 2.45. The first-order valence-electron chi connectivity index (χ1n) is 14.2. The molecule has 0 saturated carbocycles. The van der Waals surface area contributed by atoms with E-state index in [-0.39, 0.29) is 5.82 Å². The van der Waals surface area contributed by atoms with Crippen LogP contribution in [-0.4, -0.2) is 69.3 Å². The van der Waals surface area contributed by atoms with Crippen LogP contribution in [0.3, 0.4) is 0 Å². The standard InChI is InChI=1S/C31H31ClFN7OS/c1-38-10-12-39(13-11-38)14-15-40-26-8-7-23-28-30(34-19-35-31(28)42-29(23)24(26)17-36-40)37-22-6-9-27(25(32)16-22)41-18-20-2-4-21(33)5-3-20/h2-6,9,16-17,19H,7-8,10-15,18H2,1H3,(H,34,35,37). The van der Waals surface area contributed by atoms with Crippen LogP contribution in [0.2, 0.25) is 5.02 Å². The molecule has 1 saturated heterocycles. The number of halogens is 2. The first kappa shape index (κ1) is 27.3. The van der Waals surface area contributed by atoms with E-state index in [0.29, 0.717) is 17.4 Å². The number of aromatic nitrogens is 4. The molecule has 0 unspecified atom stereocenters. The molecule has 3 aromatic heterocycles. The number of ether oxygens (including phenoxy) is 1. The van der Waals surface area contributed by atoms with E-state index in [1.54, 1.807) is 29.8 Å². The van der Waals surface area contributed by atoms with Crippen molar-refractivity contribution in [2.45, 2.75) is 26.0 Å². The van der Waals surface area contributed by atoms with Crippen LogP contribution in [0.4, 0.5) is 15.9 Å². The maximum atomic E-state index is 13.2. The van der Waals surface area contributed by atoms with E-state index < -0.39 is 0 Å². The molecule has 1 N–H and O–H groups in total. The molecule has 0 bridgehead atoms. The van der Waals surface area contributed by atoms with Gasteiger partial charge in [-0.3, -0.25) is 9.58 Å². The first-order chi connectivity index (χ1) is 20.5. The lowest BCUT2D eigenvalue weighted by Gasteiger charge is -2.32. The Bertz CT molecular complexity index is 1730. The largest absolute Gasteiger partial charge is 0.487 e. The average Bonchev–Trinajstić information content (AvgIpc) is 3.59. The highest BCUT2D eigenvalue weighted by molar-refractivity contribution is 7.22. The van der Waals surface area contributed by atoms with E-state index in [4.69, 9.17) is 21.4 Å². The number of benzene rings is 2. The Morgan fingerprint density at radius 3 is 2.67 bits per heavy atom. The number of piperazine rings is 1. The smallest absolute Gasteiger partial charge is 0.142 e. The normalized spacial score (nSPS) is 15.5. The summed E-state index contributed by atoms with van der Waals surface area (Å²) in [6.07, 6.45) is 5.49. The number of nitrogens with one attached hydrogen (secondary N) is 1. The van der Waals surface area contributed by atoms with Crippen LogP contribution in [-0.2, 0) is 26.0 Å². The molecular weight excluding hydrogens is 573 g/mol. The molecule has 0 atom stereocenters. The van der Waals surface area contributed by atoms with Gasteiger partial charge in [0.25, 0.3) is 0 Å². The molecule has 1 fully saturated rings. The van der Waals surface area contributed by atoms with E-state index in [2.05, 4.69) is 36.8 Å². The fraction of sp³-hybridized carbons (Fsp3) is 0.323. The number of nitrogens with zero attached hydrogens (tertiary/aromatic N) is 6. The van der Waals surface area contributed by atoms with Crippen LogP contribution in [0.1, 0.15) is 16.8 Å². The van der Waals surface area contributed by atoms with Gasteiger partial charge < -0.3 is 15.0 Å². The first-order valence-corrected chi connectivity index (χ1v) is 15.4. The van der Waals surface area contributed by atoms with Crippen LogP contribution in [0.5, 0.6) is 5.75 Å². The predicted molar refractivity (Wildman–Crippen MR) is 165 cm³/mol. The van der Waals surface area contributed by atoms with Crippen molar-refractivity contribution in [2.75, 3.05) is 45.1 Å². The minimum absolute atomic E-state index is 0.273. The molecule has 0 spiro atoms. The molecule has 1 aliphatic carbocycles. The second kappa shape index (κ2) is 11.6. The number of anilines is 2. The van der Waals surface area contributed by atoms with Crippen molar-refractivity contribution in [2.24, 2.45) is 0 Å². The SMILES string of the molecule is CN1CCN(CCn2ncc3c2CCc2c-3sc3ncnc(Nc4ccc(OCc5ccc(F)cc5)c(Cl)c4)c23)CC1. The number of hydrogen-bond donors (Lipinski definition) is 1. The summed E-state index contributed by atoms with van der Waals surface area (Å²) in [4.78, 5) is 16.4. The second-order valence-corrected chi connectivity index (χ2v) is 12.3. The summed E-state index contributed by atoms with van der Waals surface area (Å²) in [6.45, 7) is 6.73. The molecule has 1 aliphatic heterocycles. The van der Waals surface area contributed by atoms with Crippen molar-refractivity contribution in [3.8, 4) is 16.2 Å². The summed E-state index contributed by atoms with van der Waals surface area (Å²) in [6, 6.07) is 11.8. The summed E-state index contributed by atoms with van der Waals surface area (Å²) in [7, 11) is 2.19. The van der Waals surface area contributed by atoms with Crippen molar-refractivity contribution in [1.82, 2.24) is 29.5 Å². The van der Waals surface area contributed by atoms with Gasteiger partial charge in [-0.15, -0.1) is 11.3 Å². The van der Waals surface area contributed by atoms with Crippen LogP contribution in [0.15, 0.2) is 55.0 Å². The van der Waals surface area contributed by atoms with Gasteiger partial charge in [0.05, 0.1) is 23.2 Å². The maximum absolute atomic E-state index is 13.2. The molecule has 216 valence electrons. The van der Waals surface area contributed by atoms with E-state index in [0.717, 1.165) is 79.4 Å². The molecule has 2 aliphatic rings. The summed E-state index contributed by atoms with van der Waals surface area (Å²) < 4.78 is 21.3. The Labute approximate surface area is 252 Å². The van der Waals surface area contributed by atoms with Crippen LogP contribution in [0, 0.1) is 5.82 Å². The van der Waals surface area contributed by atoms with Gasteiger partial charge in [0.15, 0.2) is 0 Å². The highest BCUT2D eigenvalue weighted by atomic mass is 35.5. The topological polar surface area (TPSA) is 71.3 Å². The molecule has 0 radical (unpaired) electrons. The van der Waals surface area contributed by atoms with Crippen LogP contribution in [0.25, 0.3) is 20.7 Å². The number of hydrogen-bond acceptors (Lipinski definition) is 8. The highest BCUT2D eigenvalue weighted by Gasteiger charge is 2.27. The fourth-order valence-electron chi connectivity index (χ4n) is 5.72. The van der Waals surface area contributed by atoms with Crippen molar-refractivity contribution < 1.29 is 9.13 Å². The van der Waals surface area contributed by atoms with E-state index in [1.165, 1.54) is 33.8 Å². The number of likely N-dealkylation sites (N-methyl/N-ethyl adjacent to an activating group) is 1. The number of rotatable bonds is 8. The average molecular weight is 604 g/mol. The van der Waals surface area contributed by atoms with E-state index >= 15 is 0 Å². The second-order valence-electron chi connectivity index (χ2n) is 10.9. The molecular formula is C31H31ClFN7OS. The van der Waals surface area contributed by atoms with Gasteiger partial charge in [-0.2, -0.15) is 5.10 Å². The zero-order valence-electron chi connectivity index (χ0n) is 23.3. The number of fused-ring (bicyclic) bond motifs is 5. The van der Waals surface area contributed by atoms with Gasteiger partial charge in [0.1, 0.15) is 35.1 Å². The predicted octanol–water partition coefficient (Wildman–Crippen LogP) is 6.02. The lowest BCUT2D eigenvalue weighted by atomic mass is 9.95. The minimum Gasteiger partial charge on any atom is -0.487 e. The third-order valence-corrected chi connectivity index (χ3v) is 9.59. The summed E-state index contributed by atoms with van der Waals surface area (Å²) in [5.41, 5.74) is 5.48. The maximum Gasteiger partial charge on any atom is 0.142 e. The monoisotopic (exact) mass is 603 g/mol. The number of thiophene rings is 1. The van der Waals surface area contributed by atoms with Crippen molar-refractivity contribution in [3.63, 3.8) is 0 Å². The lowest BCUT2D eigenvalue weighted by molar-refractivity contribution is 0.148. The van der Waals surface area contributed by atoms with Gasteiger partial charge in [0.2, 0.25) is 0 Å². The Balaban J connectivity index is 1.09. The summed E-state index contributed by atoms with van der Waals surface area (Å²) in [5.74, 6) is 1.05. The van der Waals surface area contributed by atoms with Crippen molar-refractivity contribution in [3.05, 3.63) is 82.6 Å². The fourth-order valence-corrected chi connectivity index (χ4v) is 7.18.